The molecule has 5 aromatic rings. The highest BCUT2D eigenvalue weighted by molar-refractivity contribution is 5.79. The van der Waals surface area contributed by atoms with Crippen LogP contribution in [0.1, 0.15) is 11.1 Å². The summed E-state index contributed by atoms with van der Waals surface area (Å²) in [6.07, 6.45) is 0. The number of aromatic amines is 1. The maximum Gasteiger partial charge on any atom is 0.329 e. The zero-order valence-electron chi connectivity index (χ0n) is 16.3. The molecule has 30 heavy (non-hydrogen) atoms. The largest absolute Gasteiger partial charge is 0.329 e. The van der Waals surface area contributed by atoms with Gasteiger partial charge in [0.1, 0.15) is 5.82 Å². The van der Waals surface area contributed by atoms with Crippen LogP contribution in [-0.4, -0.2) is 28.7 Å². The quantitative estimate of drug-likeness (QED) is 0.499. The molecule has 3 aromatic heterocycles. The van der Waals surface area contributed by atoms with E-state index in [4.69, 9.17) is 0 Å². The molecular weight excluding hydrogens is 387 g/mol. The Balaban J connectivity index is 1.89. The second kappa shape index (κ2) is 6.51. The molecule has 0 bridgehead atoms. The fraction of sp³-hybridized carbons (Fsp3) is 0.143. The zero-order valence-corrected chi connectivity index (χ0v) is 16.3. The minimum Gasteiger partial charge on any atom is -0.298 e. The number of hydrogen-bond acceptors (Lipinski definition) is 4. The van der Waals surface area contributed by atoms with Gasteiger partial charge in [0.15, 0.2) is 17.0 Å². The molecule has 150 valence electrons. The SMILES string of the molecule is Cc1ccccc1Cn1c2c(=O)[nH]c(=O)n(C)c2n2c(-c3ccc(F)cc3)nnc12. The van der Waals surface area contributed by atoms with Gasteiger partial charge in [-0.1, -0.05) is 24.3 Å². The Kier molecular flexibility index (Phi) is 3.92. The van der Waals surface area contributed by atoms with E-state index in [1.54, 1.807) is 28.1 Å². The lowest BCUT2D eigenvalue weighted by Crippen LogP contribution is -2.29. The number of halogens is 1. The Morgan fingerprint density at radius 2 is 1.77 bits per heavy atom. The topological polar surface area (TPSA) is 90.0 Å². The molecule has 0 saturated heterocycles. The molecule has 0 spiro atoms. The fourth-order valence-corrected chi connectivity index (χ4v) is 3.74. The van der Waals surface area contributed by atoms with Gasteiger partial charge in [0.05, 0.1) is 6.54 Å². The van der Waals surface area contributed by atoms with Crippen molar-refractivity contribution in [3.05, 3.63) is 86.3 Å². The highest BCUT2D eigenvalue weighted by atomic mass is 19.1. The van der Waals surface area contributed by atoms with Crippen molar-refractivity contribution in [2.24, 2.45) is 7.05 Å². The van der Waals surface area contributed by atoms with E-state index in [9.17, 15) is 14.0 Å². The number of fused-ring (bicyclic) bond motifs is 3. The molecule has 9 heteroatoms. The molecule has 0 aliphatic heterocycles. The van der Waals surface area contributed by atoms with Gasteiger partial charge in [0, 0.05) is 12.6 Å². The van der Waals surface area contributed by atoms with Crippen LogP contribution in [-0.2, 0) is 13.6 Å². The number of nitrogens with one attached hydrogen (secondary N) is 1. The number of H-pyrrole nitrogens is 1. The van der Waals surface area contributed by atoms with Crippen LogP contribution in [0, 0.1) is 12.7 Å². The van der Waals surface area contributed by atoms with Gasteiger partial charge in [-0.15, -0.1) is 10.2 Å². The van der Waals surface area contributed by atoms with Crippen LogP contribution in [0.4, 0.5) is 4.39 Å². The van der Waals surface area contributed by atoms with Gasteiger partial charge in [0.25, 0.3) is 5.56 Å². The summed E-state index contributed by atoms with van der Waals surface area (Å²) < 4.78 is 18.2. The zero-order chi connectivity index (χ0) is 21.0. The Labute approximate surface area is 168 Å². The number of aromatic nitrogens is 6. The van der Waals surface area contributed by atoms with E-state index in [1.807, 2.05) is 31.2 Å². The fourth-order valence-electron chi connectivity index (χ4n) is 3.74. The molecular formula is C21H17FN6O2. The van der Waals surface area contributed by atoms with Gasteiger partial charge in [-0.05, 0) is 42.3 Å². The number of hydrogen-bond donors (Lipinski definition) is 1. The third-order valence-corrected chi connectivity index (χ3v) is 5.33. The van der Waals surface area contributed by atoms with Crippen LogP contribution < -0.4 is 11.2 Å². The van der Waals surface area contributed by atoms with Crippen molar-refractivity contribution in [2.45, 2.75) is 13.5 Å². The van der Waals surface area contributed by atoms with Crippen LogP contribution >= 0.6 is 0 Å². The highest BCUT2D eigenvalue weighted by Gasteiger charge is 2.23. The standard InChI is InChI=1S/C21H17FN6O2/c1-12-5-3-4-6-14(12)11-27-16-18(29)23-21(30)26(2)19(16)28-17(24-25-20(27)28)13-7-9-15(22)10-8-13/h3-10H,11H2,1-2H3,(H,23,29,30). The van der Waals surface area contributed by atoms with Crippen molar-refractivity contribution in [1.29, 1.82) is 0 Å². The molecule has 0 saturated carbocycles. The maximum absolute atomic E-state index is 13.4. The molecule has 0 aliphatic carbocycles. The van der Waals surface area contributed by atoms with Gasteiger partial charge >= 0.3 is 5.69 Å². The number of aryl methyl sites for hydroxylation is 2. The second-order valence-corrected chi connectivity index (χ2v) is 7.17. The van der Waals surface area contributed by atoms with Crippen LogP contribution in [0.3, 0.4) is 0 Å². The monoisotopic (exact) mass is 404 g/mol. The van der Waals surface area contributed by atoms with Crippen LogP contribution in [0.15, 0.2) is 58.1 Å². The van der Waals surface area contributed by atoms with Gasteiger partial charge in [0.2, 0.25) is 5.78 Å². The molecule has 0 aliphatic rings. The molecule has 2 aromatic carbocycles. The van der Waals surface area contributed by atoms with Gasteiger partial charge in [-0.3, -0.25) is 18.9 Å². The molecule has 0 fully saturated rings. The Bertz CT molecular complexity index is 1540. The van der Waals surface area contributed by atoms with E-state index in [2.05, 4.69) is 15.2 Å². The molecule has 0 unspecified atom stereocenters. The molecule has 0 radical (unpaired) electrons. The Morgan fingerprint density at radius 1 is 1.03 bits per heavy atom. The smallest absolute Gasteiger partial charge is 0.298 e. The Hall–Kier alpha value is -4.01. The Morgan fingerprint density at radius 3 is 2.50 bits per heavy atom. The van der Waals surface area contributed by atoms with E-state index in [0.717, 1.165) is 11.1 Å². The number of benzene rings is 2. The average molecular weight is 404 g/mol. The van der Waals surface area contributed by atoms with Crippen LogP contribution in [0.2, 0.25) is 0 Å². The van der Waals surface area contributed by atoms with Crippen molar-refractivity contribution in [3.8, 4) is 11.4 Å². The maximum atomic E-state index is 13.4. The summed E-state index contributed by atoms with van der Waals surface area (Å²) in [5, 5.41) is 8.58. The first-order chi connectivity index (χ1) is 14.5. The lowest BCUT2D eigenvalue weighted by Gasteiger charge is -2.07. The van der Waals surface area contributed by atoms with E-state index in [1.165, 1.54) is 16.7 Å². The predicted octanol–water partition coefficient (Wildman–Crippen LogP) is 2.23. The van der Waals surface area contributed by atoms with Crippen LogP contribution in [0.25, 0.3) is 28.3 Å². The molecule has 0 atom stereocenters. The molecule has 1 N–H and O–H groups in total. The average Bonchev–Trinajstić information content (AvgIpc) is 3.28. The summed E-state index contributed by atoms with van der Waals surface area (Å²) in [6, 6.07) is 13.7. The minimum atomic E-state index is -0.541. The second-order valence-electron chi connectivity index (χ2n) is 7.17. The summed E-state index contributed by atoms with van der Waals surface area (Å²) in [4.78, 5) is 27.5. The minimum absolute atomic E-state index is 0.314. The first kappa shape index (κ1) is 18.0. The van der Waals surface area contributed by atoms with Crippen molar-refractivity contribution < 1.29 is 4.39 Å². The van der Waals surface area contributed by atoms with Crippen molar-refractivity contribution in [1.82, 2.24) is 28.7 Å². The predicted molar refractivity (Wildman–Crippen MR) is 110 cm³/mol. The van der Waals surface area contributed by atoms with Crippen molar-refractivity contribution in [2.75, 3.05) is 0 Å². The van der Waals surface area contributed by atoms with Crippen molar-refractivity contribution >= 4 is 16.9 Å². The number of imidazole rings is 1. The highest BCUT2D eigenvalue weighted by Crippen LogP contribution is 2.25. The third-order valence-electron chi connectivity index (χ3n) is 5.33. The van der Waals surface area contributed by atoms with Gasteiger partial charge in [-0.2, -0.15) is 0 Å². The first-order valence-corrected chi connectivity index (χ1v) is 9.33. The normalized spacial score (nSPS) is 11.6. The third kappa shape index (κ3) is 2.59. The van der Waals surface area contributed by atoms with Gasteiger partial charge < -0.3 is 0 Å². The first-order valence-electron chi connectivity index (χ1n) is 9.33. The molecule has 0 amide bonds. The van der Waals surface area contributed by atoms with Gasteiger partial charge in [-0.25, -0.2) is 13.6 Å². The molecule has 5 rings (SSSR count). The summed E-state index contributed by atoms with van der Waals surface area (Å²) in [5.41, 5.74) is 2.34. The van der Waals surface area contributed by atoms with E-state index < -0.39 is 11.2 Å². The number of nitrogens with zero attached hydrogens (tertiary/aromatic N) is 5. The number of rotatable bonds is 3. The molecule has 8 nitrogen and oxygen atoms in total. The lowest BCUT2D eigenvalue weighted by molar-refractivity contribution is 0.628. The van der Waals surface area contributed by atoms with Crippen molar-refractivity contribution in [3.63, 3.8) is 0 Å². The summed E-state index contributed by atoms with van der Waals surface area (Å²) >= 11 is 0. The summed E-state index contributed by atoms with van der Waals surface area (Å²) in [5.74, 6) is 0.462. The van der Waals surface area contributed by atoms with E-state index in [0.29, 0.717) is 34.9 Å². The summed E-state index contributed by atoms with van der Waals surface area (Å²) in [6.45, 7) is 2.37. The molecule has 3 heterocycles. The van der Waals surface area contributed by atoms with Crippen LogP contribution in [0.5, 0.6) is 0 Å². The summed E-state index contributed by atoms with van der Waals surface area (Å²) in [7, 11) is 1.58. The van der Waals surface area contributed by atoms with E-state index in [-0.39, 0.29) is 5.82 Å². The lowest BCUT2D eigenvalue weighted by atomic mass is 10.1. The van der Waals surface area contributed by atoms with E-state index >= 15 is 0 Å².